The number of ether oxygens (including phenoxy) is 1. The summed E-state index contributed by atoms with van der Waals surface area (Å²) in [5, 5.41) is 0.942. The maximum absolute atomic E-state index is 12.9. The number of nitrogen functional groups attached to an aromatic ring is 1. The fraction of sp³-hybridized carbons (Fsp3) is 0.400. The van der Waals surface area contributed by atoms with Crippen LogP contribution in [0.1, 0.15) is 23.5 Å². The molecule has 1 saturated heterocycles. The standard InChI is InChI=1S/C15H17BrN2O2S/c1-15(2)8-20-6-5-18(15)14(19)13-12(17)10-4-3-9(16)7-11(10)21-13/h3-4,7H,5-6,8,17H2,1-2H3. The Morgan fingerprint density at radius 3 is 2.95 bits per heavy atom. The highest BCUT2D eigenvalue weighted by Gasteiger charge is 2.36. The normalized spacial score (nSPS) is 18.1. The average Bonchev–Trinajstić information content (AvgIpc) is 2.74. The topological polar surface area (TPSA) is 55.6 Å². The minimum Gasteiger partial charge on any atom is -0.397 e. The van der Waals surface area contributed by atoms with E-state index in [9.17, 15) is 4.79 Å². The van der Waals surface area contributed by atoms with Crippen molar-refractivity contribution in [1.82, 2.24) is 4.90 Å². The summed E-state index contributed by atoms with van der Waals surface area (Å²) in [6.45, 7) is 5.76. The van der Waals surface area contributed by atoms with Gasteiger partial charge >= 0.3 is 0 Å². The lowest BCUT2D eigenvalue weighted by Gasteiger charge is -2.41. The fourth-order valence-electron chi connectivity index (χ4n) is 2.61. The third-order valence-corrected chi connectivity index (χ3v) is 5.42. The monoisotopic (exact) mass is 368 g/mol. The van der Waals surface area contributed by atoms with Crippen LogP contribution in [0.2, 0.25) is 0 Å². The summed E-state index contributed by atoms with van der Waals surface area (Å²) < 4.78 is 7.49. The van der Waals surface area contributed by atoms with E-state index in [0.29, 0.717) is 30.3 Å². The summed E-state index contributed by atoms with van der Waals surface area (Å²) in [6, 6.07) is 5.89. The van der Waals surface area contributed by atoms with E-state index in [-0.39, 0.29) is 11.4 Å². The minimum absolute atomic E-state index is 0.00174. The summed E-state index contributed by atoms with van der Waals surface area (Å²) in [6.07, 6.45) is 0. The number of benzene rings is 1. The molecule has 3 rings (SSSR count). The largest absolute Gasteiger partial charge is 0.397 e. The van der Waals surface area contributed by atoms with E-state index in [1.54, 1.807) is 0 Å². The molecule has 2 aromatic rings. The van der Waals surface area contributed by atoms with Crippen LogP contribution in [0, 0.1) is 0 Å². The Labute approximate surface area is 136 Å². The minimum atomic E-state index is -0.307. The van der Waals surface area contributed by atoms with Gasteiger partial charge in [0.15, 0.2) is 0 Å². The summed E-state index contributed by atoms with van der Waals surface area (Å²) in [5.41, 5.74) is 6.47. The molecule has 0 bridgehead atoms. The molecule has 0 spiro atoms. The number of fused-ring (bicyclic) bond motifs is 1. The molecule has 6 heteroatoms. The SMILES string of the molecule is CC1(C)COCCN1C(=O)c1sc2cc(Br)ccc2c1N. The molecule has 112 valence electrons. The Bertz CT molecular complexity index is 711. The number of carbonyl (C=O) groups excluding carboxylic acids is 1. The third kappa shape index (κ3) is 2.56. The number of hydrogen-bond acceptors (Lipinski definition) is 4. The number of carbonyl (C=O) groups is 1. The van der Waals surface area contributed by atoms with Gasteiger partial charge in [0.05, 0.1) is 24.4 Å². The maximum Gasteiger partial charge on any atom is 0.266 e. The third-order valence-electron chi connectivity index (χ3n) is 3.78. The predicted molar refractivity (Wildman–Crippen MR) is 89.9 cm³/mol. The first-order chi connectivity index (χ1) is 9.90. The second-order valence-corrected chi connectivity index (χ2v) is 7.78. The zero-order chi connectivity index (χ0) is 15.2. The zero-order valence-electron chi connectivity index (χ0n) is 12.0. The molecule has 0 unspecified atom stereocenters. The van der Waals surface area contributed by atoms with Crippen molar-refractivity contribution in [3.05, 3.63) is 27.5 Å². The van der Waals surface area contributed by atoms with Gasteiger partial charge in [-0.25, -0.2) is 0 Å². The number of nitrogens with two attached hydrogens (primary N) is 1. The van der Waals surface area contributed by atoms with Gasteiger partial charge in [-0.1, -0.05) is 22.0 Å². The molecule has 2 N–H and O–H groups in total. The van der Waals surface area contributed by atoms with Gasteiger partial charge in [-0.3, -0.25) is 4.79 Å². The van der Waals surface area contributed by atoms with E-state index in [0.717, 1.165) is 14.6 Å². The van der Waals surface area contributed by atoms with E-state index in [1.165, 1.54) is 11.3 Å². The number of thiophene rings is 1. The Balaban J connectivity index is 2.03. The summed E-state index contributed by atoms with van der Waals surface area (Å²) in [5.74, 6) is -0.00174. The summed E-state index contributed by atoms with van der Waals surface area (Å²) in [7, 11) is 0. The molecule has 0 radical (unpaired) electrons. The van der Waals surface area contributed by atoms with Crippen LogP contribution < -0.4 is 5.73 Å². The molecule has 21 heavy (non-hydrogen) atoms. The van der Waals surface area contributed by atoms with Crippen LogP contribution in [0.25, 0.3) is 10.1 Å². The second kappa shape index (κ2) is 5.26. The van der Waals surface area contributed by atoms with E-state index < -0.39 is 0 Å². The lowest BCUT2D eigenvalue weighted by molar-refractivity contribution is -0.0368. The Morgan fingerprint density at radius 1 is 1.48 bits per heavy atom. The number of nitrogens with zero attached hydrogens (tertiary/aromatic N) is 1. The quantitative estimate of drug-likeness (QED) is 0.837. The summed E-state index contributed by atoms with van der Waals surface area (Å²) in [4.78, 5) is 15.4. The first-order valence-electron chi connectivity index (χ1n) is 6.77. The second-order valence-electron chi connectivity index (χ2n) is 5.81. The Kier molecular flexibility index (Phi) is 3.71. The van der Waals surface area contributed by atoms with Crippen molar-refractivity contribution >= 4 is 48.9 Å². The van der Waals surface area contributed by atoms with Gasteiger partial charge in [0.25, 0.3) is 5.91 Å². The van der Waals surface area contributed by atoms with Crippen molar-refractivity contribution in [1.29, 1.82) is 0 Å². The van der Waals surface area contributed by atoms with Crippen molar-refractivity contribution < 1.29 is 9.53 Å². The molecule has 1 fully saturated rings. The van der Waals surface area contributed by atoms with Crippen LogP contribution in [0.15, 0.2) is 22.7 Å². The number of amides is 1. The van der Waals surface area contributed by atoms with Gasteiger partial charge in [0.1, 0.15) is 4.88 Å². The first kappa shape index (κ1) is 14.8. The van der Waals surface area contributed by atoms with E-state index >= 15 is 0 Å². The molecular weight excluding hydrogens is 352 g/mol. The highest BCUT2D eigenvalue weighted by molar-refractivity contribution is 9.10. The van der Waals surface area contributed by atoms with E-state index in [4.69, 9.17) is 10.5 Å². The molecule has 2 heterocycles. The highest BCUT2D eigenvalue weighted by Crippen LogP contribution is 2.37. The van der Waals surface area contributed by atoms with Gasteiger partial charge in [-0.2, -0.15) is 0 Å². The van der Waals surface area contributed by atoms with Crippen LogP contribution >= 0.6 is 27.3 Å². The number of rotatable bonds is 1. The molecular formula is C15H17BrN2O2S. The van der Waals surface area contributed by atoms with Crippen molar-refractivity contribution in [3.8, 4) is 0 Å². The van der Waals surface area contributed by atoms with Crippen LogP contribution in [0.4, 0.5) is 5.69 Å². The van der Waals surface area contributed by atoms with Gasteiger partial charge in [-0.05, 0) is 26.0 Å². The molecule has 0 atom stereocenters. The molecule has 1 aliphatic rings. The van der Waals surface area contributed by atoms with Gasteiger partial charge < -0.3 is 15.4 Å². The molecule has 4 nitrogen and oxygen atoms in total. The maximum atomic E-state index is 12.9. The lowest BCUT2D eigenvalue weighted by atomic mass is 10.0. The summed E-state index contributed by atoms with van der Waals surface area (Å²) >= 11 is 4.91. The van der Waals surface area contributed by atoms with E-state index in [1.807, 2.05) is 36.9 Å². The van der Waals surface area contributed by atoms with E-state index in [2.05, 4.69) is 15.9 Å². The Hall–Kier alpha value is -1.11. The number of halogens is 1. The van der Waals surface area contributed by atoms with Gasteiger partial charge in [0.2, 0.25) is 0 Å². The van der Waals surface area contributed by atoms with Crippen molar-refractivity contribution in [2.45, 2.75) is 19.4 Å². The number of hydrogen-bond donors (Lipinski definition) is 1. The van der Waals surface area contributed by atoms with Crippen molar-refractivity contribution in [3.63, 3.8) is 0 Å². The fourth-order valence-corrected chi connectivity index (χ4v) is 4.23. The van der Waals surface area contributed by atoms with Crippen LogP contribution in [-0.4, -0.2) is 36.1 Å². The highest BCUT2D eigenvalue weighted by atomic mass is 79.9. The first-order valence-corrected chi connectivity index (χ1v) is 8.38. The van der Waals surface area contributed by atoms with Crippen LogP contribution in [0.3, 0.4) is 0 Å². The zero-order valence-corrected chi connectivity index (χ0v) is 14.4. The lowest BCUT2D eigenvalue weighted by Crippen LogP contribution is -2.55. The van der Waals surface area contributed by atoms with Crippen LogP contribution in [-0.2, 0) is 4.74 Å². The predicted octanol–water partition coefficient (Wildman–Crippen LogP) is 3.50. The average molecular weight is 369 g/mol. The van der Waals surface area contributed by atoms with Gasteiger partial charge in [0, 0.05) is 21.1 Å². The number of anilines is 1. The number of morpholine rings is 1. The van der Waals surface area contributed by atoms with Gasteiger partial charge in [-0.15, -0.1) is 11.3 Å². The molecule has 0 aliphatic carbocycles. The molecule has 0 saturated carbocycles. The Morgan fingerprint density at radius 2 is 2.24 bits per heavy atom. The van der Waals surface area contributed by atoms with Crippen molar-refractivity contribution in [2.24, 2.45) is 0 Å². The van der Waals surface area contributed by atoms with Crippen molar-refractivity contribution in [2.75, 3.05) is 25.5 Å². The molecule has 1 aromatic heterocycles. The molecule has 1 aromatic carbocycles. The smallest absolute Gasteiger partial charge is 0.266 e. The van der Waals surface area contributed by atoms with Crippen LogP contribution in [0.5, 0.6) is 0 Å². The molecule has 1 aliphatic heterocycles. The molecule has 1 amide bonds.